The van der Waals surface area contributed by atoms with Gasteiger partial charge in [0.25, 0.3) is 0 Å². The van der Waals surface area contributed by atoms with Crippen LogP contribution < -0.4 is 14.8 Å². The van der Waals surface area contributed by atoms with Crippen molar-refractivity contribution in [2.75, 3.05) is 19.5 Å². The van der Waals surface area contributed by atoms with E-state index in [4.69, 9.17) is 9.47 Å². The average Bonchev–Trinajstić information content (AvgIpc) is 2.55. The van der Waals surface area contributed by atoms with Crippen LogP contribution in [0.5, 0.6) is 17.2 Å². The molecule has 0 aliphatic rings. The van der Waals surface area contributed by atoms with E-state index in [1.807, 2.05) is 13.0 Å². The largest absolute Gasteiger partial charge is 0.506 e. The monoisotopic (exact) mass is 313 g/mol. The topological polar surface area (TPSA) is 67.8 Å². The molecular formula is C18H19NO4. The van der Waals surface area contributed by atoms with E-state index >= 15 is 0 Å². The molecule has 120 valence electrons. The number of methoxy groups -OCH3 is 2. The minimum Gasteiger partial charge on any atom is -0.506 e. The Kier molecular flexibility index (Phi) is 5.25. The highest BCUT2D eigenvalue weighted by Gasteiger charge is 2.05. The summed E-state index contributed by atoms with van der Waals surface area (Å²) in [4.78, 5) is 12.0. The molecule has 0 spiro atoms. The maximum Gasteiger partial charge on any atom is 0.248 e. The van der Waals surface area contributed by atoms with Gasteiger partial charge in [0.05, 0.1) is 19.9 Å². The van der Waals surface area contributed by atoms with Gasteiger partial charge in [-0.2, -0.15) is 0 Å². The smallest absolute Gasteiger partial charge is 0.248 e. The van der Waals surface area contributed by atoms with Crippen molar-refractivity contribution in [1.29, 1.82) is 0 Å². The lowest BCUT2D eigenvalue weighted by molar-refractivity contribution is -0.111. The van der Waals surface area contributed by atoms with Gasteiger partial charge in [0.2, 0.25) is 5.91 Å². The summed E-state index contributed by atoms with van der Waals surface area (Å²) in [7, 11) is 3.13. The van der Waals surface area contributed by atoms with Crippen LogP contribution in [0.1, 0.15) is 11.1 Å². The standard InChI is InChI=1S/C18H19NO4/c1-12-4-7-15(16(20)10-12)19-18(21)9-5-13-11-14(22-2)6-8-17(13)23-3/h4-11,20H,1-3H3,(H,19,21)/b9-5+. The van der Waals surface area contributed by atoms with Crippen LogP contribution >= 0.6 is 0 Å². The van der Waals surface area contributed by atoms with Crippen LogP contribution in [0.3, 0.4) is 0 Å². The molecule has 0 radical (unpaired) electrons. The first-order valence-corrected chi connectivity index (χ1v) is 7.04. The number of anilines is 1. The van der Waals surface area contributed by atoms with Gasteiger partial charge in [0.15, 0.2) is 0 Å². The number of aryl methyl sites for hydroxylation is 1. The molecule has 23 heavy (non-hydrogen) atoms. The maximum absolute atomic E-state index is 12.0. The van der Waals surface area contributed by atoms with Crippen LogP contribution in [-0.2, 0) is 4.79 Å². The fourth-order valence-electron chi connectivity index (χ4n) is 2.06. The van der Waals surface area contributed by atoms with E-state index in [1.165, 1.54) is 6.08 Å². The van der Waals surface area contributed by atoms with Gasteiger partial charge in [-0.15, -0.1) is 0 Å². The summed E-state index contributed by atoms with van der Waals surface area (Å²) in [5.41, 5.74) is 2.00. The zero-order valence-corrected chi connectivity index (χ0v) is 13.3. The lowest BCUT2D eigenvalue weighted by Gasteiger charge is -2.08. The SMILES string of the molecule is COc1ccc(OC)c(/C=C/C(=O)Nc2ccc(C)cc2O)c1. The molecular weight excluding hydrogens is 294 g/mol. The Morgan fingerprint density at radius 2 is 1.91 bits per heavy atom. The van der Waals surface area contributed by atoms with E-state index in [-0.39, 0.29) is 11.7 Å². The van der Waals surface area contributed by atoms with Gasteiger partial charge >= 0.3 is 0 Å². The fourth-order valence-corrected chi connectivity index (χ4v) is 2.06. The molecule has 0 aliphatic carbocycles. The van der Waals surface area contributed by atoms with Gasteiger partial charge in [0, 0.05) is 11.6 Å². The Bertz CT molecular complexity index is 738. The van der Waals surface area contributed by atoms with Crippen molar-refractivity contribution < 1.29 is 19.4 Å². The molecule has 5 nitrogen and oxygen atoms in total. The van der Waals surface area contributed by atoms with Gasteiger partial charge < -0.3 is 19.9 Å². The highest BCUT2D eigenvalue weighted by atomic mass is 16.5. The first-order valence-electron chi connectivity index (χ1n) is 7.04. The number of hydrogen-bond donors (Lipinski definition) is 2. The minimum atomic E-state index is -0.353. The maximum atomic E-state index is 12.0. The van der Waals surface area contributed by atoms with Crippen LogP contribution in [0.15, 0.2) is 42.5 Å². The summed E-state index contributed by atoms with van der Waals surface area (Å²) in [6.45, 7) is 1.86. The molecule has 0 atom stereocenters. The first-order chi connectivity index (χ1) is 11.0. The Balaban J connectivity index is 2.14. The van der Waals surface area contributed by atoms with E-state index in [0.29, 0.717) is 17.2 Å². The van der Waals surface area contributed by atoms with Crippen LogP contribution in [0.25, 0.3) is 6.08 Å². The van der Waals surface area contributed by atoms with Gasteiger partial charge in [0.1, 0.15) is 17.2 Å². The van der Waals surface area contributed by atoms with Crippen molar-refractivity contribution in [3.8, 4) is 17.2 Å². The molecule has 2 aromatic carbocycles. The average molecular weight is 313 g/mol. The molecule has 0 aromatic heterocycles. The predicted octanol–water partition coefficient (Wildman–Crippen LogP) is 3.37. The predicted molar refractivity (Wildman–Crippen MR) is 90.1 cm³/mol. The molecule has 2 rings (SSSR count). The van der Waals surface area contributed by atoms with E-state index in [0.717, 1.165) is 11.1 Å². The Morgan fingerprint density at radius 1 is 1.13 bits per heavy atom. The number of phenols is 1. The van der Waals surface area contributed by atoms with Gasteiger partial charge in [-0.25, -0.2) is 0 Å². The quantitative estimate of drug-likeness (QED) is 0.656. The van der Waals surface area contributed by atoms with E-state index in [2.05, 4.69) is 5.32 Å². The Hall–Kier alpha value is -2.95. The summed E-state index contributed by atoms with van der Waals surface area (Å²) in [6, 6.07) is 10.4. The molecule has 0 fully saturated rings. The first kappa shape index (κ1) is 16.4. The highest BCUT2D eigenvalue weighted by molar-refractivity contribution is 6.02. The molecule has 0 aliphatic heterocycles. The molecule has 0 saturated carbocycles. The second kappa shape index (κ2) is 7.35. The lowest BCUT2D eigenvalue weighted by Crippen LogP contribution is -2.07. The third kappa shape index (κ3) is 4.26. The molecule has 5 heteroatoms. The number of hydrogen-bond acceptors (Lipinski definition) is 4. The fraction of sp³-hybridized carbons (Fsp3) is 0.167. The zero-order chi connectivity index (χ0) is 16.8. The normalized spacial score (nSPS) is 10.6. The molecule has 0 saturated heterocycles. The van der Waals surface area contributed by atoms with Crippen molar-refractivity contribution >= 4 is 17.7 Å². The van der Waals surface area contributed by atoms with Crippen LogP contribution in [-0.4, -0.2) is 25.2 Å². The van der Waals surface area contributed by atoms with E-state index < -0.39 is 0 Å². The lowest BCUT2D eigenvalue weighted by atomic mass is 10.1. The number of rotatable bonds is 5. The summed E-state index contributed by atoms with van der Waals surface area (Å²) in [6.07, 6.45) is 3.00. The van der Waals surface area contributed by atoms with Gasteiger partial charge in [-0.3, -0.25) is 4.79 Å². The van der Waals surface area contributed by atoms with Crippen molar-refractivity contribution in [3.05, 3.63) is 53.6 Å². The Labute approximate surface area is 135 Å². The third-order valence-electron chi connectivity index (χ3n) is 3.26. The van der Waals surface area contributed by atoms with Crippen LogP contribution in [0, 0.1) is 6.92 Å². The van der Waals surface area contributed by atoms with Crippen LogP contribution in [0.2, 0.25) is 0 Å². The molecule has 0 heterocycles. The number of ether oxygens (including phenoxy) is 2. The van der Waals surface area contributed by atoms with Crippen molar-refractivity contribution in [1.82, 2.24) is 0 Å². The number of carbonyl (C=O) groups is 1. The van der Waals surface area contributed by atoms with Crippen molar-refractivity contribution in [2.24, 2.45) is 0 Å². The molecule has 1 amide bonds. The van der Waals surface area contributed by atoms with Gasteiger partial charge in [-0.1, -0.05) is 6.07 Å². The van der Waals surface area contributed by atoms with Crippen molar-refractivity contribution in [3.63, 3.8) is 0 Å². The van der Waals surface area contributed by atoms with Gasteiger partial charge in [-0.05, 0) is 48.9 Å². The number of nitrogens with one attached hydrogen (secondary N) is 1. The third-order valence-corrected chi connectivity index (χ3v) is 3.26. The Morgan fingerprint density at radius 3 is 2.57 bits per heavy atom. The molecule has 2 aromatic rings. The van der Waals surface area contributed by atoms with Crippen molar-refractivity contribution in [2.45, 2.75) is 6.92 Å². The number of amides is 1. The highest BCUT2D eigenvalue weighted by Crippen LogP contribution is 2.26. The number of phenolic OH excluding ortho intramolecular Hbond substituents is 1. The second-order valence-corrected chi connectivity index (χ2v) is 4.95. The number of carbonyl (C=O) groups excluding carboxylic acids is 1. The summed E-state index contributed by atoms with van der Waals surface area (Å²) < 4.78 is 10.4. The summed E-state index contributed by atoms with van der Waals surface area (Å²) in [5.74, 6) is 0.981. The summed E-state index contributed by atoms with van der Waals surface area (Å²) >= 11 is 0. The number of benzene rings is 2. The second-order valence-electron chi connectivity index (χ2n) is 4.95. The molecule has 0 unspecified atom stereocenters. The van der Waals surface area contributed by atoms with E-state index in [1.54, 1.807) is 50.6 Å². The van der Waals surface area contributed by atoms with Crippen LogP contribution in [0.4, 0.5) is 5.69 Å². The molecule has 2 N–H and O–H groups in total. The van der Waals surface area contributed by atoms with E-state index in [9.17, 15) is 9.90 Å². The number of aromatic hydroxyl groups is 1. The minimum absolute atomic E-state index is 0.0331. The zero-order valence-electron chi connectivity index (χ0n) is 13.3. The molecule has 0 bridgehead atoms. The summed E-state index contributed by atoms with van der Waals surface area (Å²) in [5, 5.41) is 12.4.